The van der Waals surface area contributed by atoms with Crippen LogP contribution in [0.1, 0.15) is 23.4 Å². The fraction of sp³-hybridized carbons (Fsp3) is 0.238. The molecule has 0 saturated carbocycles. The highest BCUT2D eigenvalue weighted by Crippen LogP contribution is 2.22. The monoisotopic (exact) mass is 363 g/mol. The molecule has 6 nitrogen and oxygen atoms in total. The molecule has 0 N–H and O–H groups in total. The van der Waals surface area contributed by atoms with Crippen molar-refractivity contribution in [3.8, 4) is 17.4 Å². The Hall–Kier alpha value is -3.28. The third kappa shape index (κ3) is 4.47. The molecule has 0 fully saturated rings. The van der Waals surface area contributed by atoms with Crippen molar-refractivity contribution in [3.05, 3.63) is 78.4 Å². The van der Waals surface area contributed by atoms with Crippen molar-refractivity contribution < 1.29 is 13.6 Å². The summed E-state index contributed by atoms with van der Waals surface area (Å²) in [4.78, 5) is 8.45. The third-order valence-corrected chi connectivity index (χ3v) is 4.25. The van der Waals surface area contributed by atoms with Crippen molar-refractivity contribution in [1.29, 1.82) is 0 Å². The zero-order chi connectivity index (χ0) is 18.5. The molecule has 27 heavy (non-hydrogen) atoms. The summed E-state index contributed by atoms with van der Waals surface area (Å²) in [5.41, 5.74) is 2.02. The van der Waals surface area contributed by atoms with Crippen LogP contribution in [0.5, 0.6) is 5.75 Å². The lowest BCUT2D eigenvalue weighted by Crippen LogP contribution is -1.98. The number of imidazole rings is 1. The van der Waals surface area contributed by atoms with Gasteiger partial charge in [0.1, 0.15) is 30.1 Å². The van der Waals surface area contributed by atoms with Gasteiger partial charge in [0.25, 0.3) is 5.89 Å². The van der Waals surface area contributed by atoms with Crippen molar-refractivity contribution in [3.63, 3.8) is 0 Å². The summed E-state index contributed by atoms with van der Waals surface area (Å²) in [7, 11) is 0. The molecule has 0 aliphatic carbocycles. The van der Waals surface area contributed by atoms with Crippen LogP contribution in [0.15, 0.2) is 70.2 Å². The van der Waals surface area contributed by atoms with Gasteiger partial charge in [-0.1, -0.05) is 12.1 Å². The first kappa shape index (κ1) is 17.1. The minimum Gasteiger partial charge on any atom is -0.487 e. The third-order valence-electron chi connectivity index (χ3n) is 4.25. The molecule has 0 radical (unpaired) electrons. The number of oxazole rings is 1. The first-order valence-corrected chi connectivity index (χ1v) is 8.95. The first-order chi connectivity index (χ1) is 13.3. The second kappa shape index (κ2) is 7.95. The minimum atomic E-state index is 0.350. The lowest BCUT2D eigenvalue weighted by Gasteiger charge is -2.06. The Balaban J connectivity index is 1.27. The summed E-state index contributed by atoms with van der Waals surface area (Å²) in [5.74, 6) is 2.73. The van der Waals surface area contributed by atoms with E-state index < -0.39 is 0 Å². The molecule has 0 aliphatic rings. The van der Waals surface area contributed by atoms with E-state index in [1.54, 1.807) is 12.5 Å². The number of aromatic nitrogens is 3. The number of hydrogen-bond donors (Lipinski definition) is 0. The molecular weight excluding hydrogens is 342 g/mol. The smallest absolute Gasteiger partial charge is 0.263 e. The van der Waals surface area contributed by atoms with Gasteiger partial charge in [0, 0.05) is 18.9 Å². The van der Waals surface area contributed by atoms with Crippen LogP contribution in [-0.2, 0) is 19.6 Å². The van der Waals surface area contributed by atoms with Gasteiger partial charge in [-0.2, -0.15) is 0 Å². The van der Waals surface area contributed by atoms with Crippen LogP contribution in [0.4, 0.5) is 0 Å². The molecule has 0 aliphatic heterocycles. The van der Waals surface area contributed by atoms with Crippen molar-refractivity contribution >= 4 is 0 Å². The first-order valence-electron chi connectivity index (χ1n) is 8.95. The Morgan fingerprint density at radius 2 is 2.00 bits per heavy atom. The topological polar surface area (TPSA) is 66.2 Å². The van der Waals surface area contributed by atoms with Gasteiger partial charge in [-0.05, 0) is 49.6 Å². The Morgan fingerprint density at radius 1 is 1.11 bits per heavy atom. The summed E-state index contributed by atoms with van der Waals surface area (Å²) >= 11 is 0. The van der Waals surface area contributed by atoms with E-state index in [1.807, 2.05) is 43.7 Å². The highest BCUT2D eigenvalue weighted by molar-refractivity contribution is 5.44. The number of nitrogens with zero attached hydrogens (tertiary/aromatic N) is 3. The van der Waals surface area contributed by atoms with Gasteiger partial charge in [-0.25, -0.2) is 9.97 Å². The maximum absolute atomic E-state index is 5.80. The molecular formula is C21H21N3O3. The molecule has 0 spiro atoms. The van der Waals surface area contributed by atoms with Crippen LogP contribution in [0, 0.1) is 6.92 Å². The van der Waals surface area contributed by atoms with Gasteiger partial charge >= 0.3 is 0 Å². The fourth-order valence-corrected chi connectivity index (χ4v) is 2.83. The van der Waals surface area contributed by atoms with Gasteiger partial charge in [0.2, 0.25) is 0 Å². The highest BCUT2D eigenvalue weighted by Gasteiger charge is 2.10. The SMILES string of the molecule is Cc1ccc(-c2nc(COc3ccc(CCCn4ccnc4)cc3)co2)o1. The van der Waals surface area contributed by atoms with E-state index in [0.717, 1.165) is 36.6 Å². The van der Waals surface area contributed by atoms with Crippen LogP contribution in [0.25, 0.3) is 11.7 Å². The van der Waals surface area contributed by atoms with Crippen molar-refractivity contribution in [1.82, 2.24) is 14.5 Å². The van der Waals surface area contributed by atoms with Gasteiger partial charge in [0.15, 0.2) is 5.76 Å². The van der Waals surface area contributed by atoms with E-state index in [4.69, 9.17) is 13.6 Å². The van der Waals surface area contributed by atoms with Crippen molar-refractivity contribution in [2.24, 2.45) is 0 Å². The number of furan rings is 1. The van der Waals surface area contributed by atoms with Crippen molar-refractivity contribution in [2.75, 3.05) is 0 Å². The van der Waals surface area contributed by atoms with Crippen LogP contribution >= 0.6 is 0 Å². The zero-order valence-electron chi connectivity index (χ0n) is 15.2. The van der Waals surface area contributed by atoms with Crippen LogP contribution in [-0.4, -0.2) is 14.5 Å². The van der Waals surface area contributed by atoms with E-state index in [-0.39, 0.29) is 0 Å². The fourth-order valence-electron chi connectivity index (χ4n) is 2.83. The Labute approximate surface area is 157 Å². The predicted molar refractivity (Wildman–Crippen MR) is 100 cm³/mol. The second-order valence-corrected chi connectivity index (χ2v) is 6.39. The van der Waals surface area contributed by atoms with Crippen molar-refractivity contribution in [2.45, 2.75) is 32.9 Å². The molecule has 0 amide bonds. The van der Waals surface area contributed by atoms with Crippen LogP contribution in [0.3, 0.4) is 0 Å². The second-order valence-electron chi connectivity index (χ2n) is 6.39. The Kier molecular flexibility index (Phi) is 5.05. The standard InChI is InChI=1S/C21H21N3O3/c1-16-4-9-20(27-16)21-23-18(14-26-21)13-25-19-7-5-17(6-8-19)3-2-11-24-12-10-22-15-24/h4-10,12,14-15H,2-3,11,13H2,1H3. The molecule has 1 aromatic carbocycles. The van der Waals surface area contributed by atoms with E-state index in [2.05, 4.69) is 26.7 Å². The number of hydrogen-bond acceptors (Lipinski definition) is 5. The Bertz CT molecular complexity index is 968. The summed E-state index contributed by atoms with van der Waals surface area (Å²) in [6, 6.07) is 11.9. The molecule has 4 aromatic rings. The van der Waals surface area contributed by atoms with Gasteiger partial charge in [0.05, 0.1) is 6.33 Å². The van der Waals surface area contributed by atoms with Crippen LogP contribution in [0.2, 0.25) is 0 Å². The molecule has 3 heterocycles. The molecule has 0 unspecified atom stereocenters. The summed E-state index contributed by atoms with van der Waals surface area (Å²) < 4.78 is 18.9. The number of aryl methyl sites for hydroxylation is 3. The molecule has 3 aromatic heterocycles. The maximum atomic E-state index is 5.80. The predicted octanol–water partition coefficient (Wildman–Crippen LogP) is 4.65. The highest BCUT2D eigenvalue weighted by atomic mass is 16.5. The van der Waals surface area contributed by atoms with E-state index in [1.165, 1.54) is 5.56 Å². The average Bonchev–Trinajstić information content (AvgIpc) is 3.43. The number of ether oxygens (including phenoxy) is 1. The Morgan fingerprint density at radius 3 is 2.74 bits per heavy atom. The molecule has 4 rings (SSSR count). The average molecular weight is 363 g/mol. The number of rotatable bonds is 8. The van der Waals surface area contributed by atoms with Gasteiger partial charge < -0.3 is 18.1 Å². The normalized spacial score (nSPS) is 11.0. The van der Waals surface area contributed by atoms with Crippen LogP contribution < -0.4 is 4.74 Å². The largest absolute Gasteiger partial charge is 0.487 e. The van der Waals surface area contributed by atoms with Gasteiger partial charge in [-0.15, -0.1) is 0 Å². The molecule has 0 saturated heterocycles. The maximum Gasteiger partial charge on any atom is 0.263 e. The lowest BCUT2D eigenvalue weighted by molar-refractivity contribution is 0.301. The quantitative estimate of drug-likeness (QED) is 0.456. The summed E-state index contributed by atoms with van der Waals surface area (Å²) in [6.07, 6.45) is 9.33. The van der Waals surface area contributed by atoms with Gasteiger partial charge in [-0.3, -0.25) is 0 Å². The van der Waals surface area contributed by atoms with E-state index in [0.29, 0.717) is 18.3 Å². The lowest BCUT2D eigenvalue weighted by atomic mass is 10.1. The van der Waals surface area contributed by atoms with E-state index >= 15 is 0 Å². The minimum absolute atomic E-state index is 0.350. The van der Waals surface area contributed by atoms with E-state index in [9.17, 15) is 0 Å². The molecule has 0 bridgehead atoms. The zero-order valence-corrected chi connectivity index (χ0v) is 15.2. The summed E-state index contributed by atoms with van der Waals surface area (Å²) in [5, 5.41) is 0. The molecule has 6 heteroatoms. The summed E-state index contributed by atoms with van der Waals surface area (Å²) in [6.45, 7) is 3.21. The molecule has 0 atom stereocenters. The number of benzene rings is 1. The molecule has 138 valence electrons.